The zero-order valence-corrected chi connectivity index (χ0v) is 12.1. The largest absolute Gasteiger partial charge is 0.480 e. The maximum atomic E-state index is 5.94. The molecule has 2 aromatic rings. The molecule has 0 aliphatic heterocycles. The molecule has 0 saturated heterocycles. The monoisotopic (exact) mass is 334 g/mol. The fourth-order valence-electron chi connectivity index (χ4n) is 1.14. The van der Waals surface area contributed by atoms with Crippen molar-refractivity contribution in [3.05, 3.63) is 20.8 Å². The second-order valence-electron chi connectivity index (χ2n) is 3.03. The zero-order valence-electron chi connectivity index (χ0n) is 8.99. The molecule has 5 nitrogen and oxygen atoms in total. The van der Waals surface area contributed by atoms with Crippen LogP contribution in [0, 0.1) is 6.92 Å². The second kappa shape index (κ2) is 5.16. The molecule has 0 bridgehead atoms. The van der Waals surface area contributed by atoms with E-state index in [9.17, 15) is 0 Å². The van der Waals surface area contributed by atoms with Gasteiger partial charge in [0.05, 0.1) is 22.8 Å². The third-order valence-corrected chi connectivity index (χ3v) is 3.64. The number of anilines is 2. The van der Waals surface area contributed by atoms with Crippen LogP contribution in [0.2, 0.25) is 5.15 Å². The van der Waals surface area contributed by atoms with Crippen molar-refractivity contribution in [1.29, 1.82) is 0 Å². The molecule has 0 amide bonds. The predicted octanol–water partition coefficient (Wildman–Crippen LogP) is 3.41. The smallest absolute Gasteiger partial charge is 0.232 e. The van der Waals surface area contributed by atoms with E-state index in [1.165, 1.54) is 11.3 Å². The number of nitrogens with one attached hydrogen (secondary N) is 1. The van der Waals surface area contributed by atoms with Crippen molar-refractivity contribution < 1.29 is 4.74 Å². The Morgan fingerprint density at radius 2 is 2.24 bits per heavy atom. The summed E-state index contributed by atoms with van der Waals surface area (Å²) in [5.41, 5.74) is 0. The van der Waals surface area contributed by atoms with E-state index in [0.29, 0.717) is 26.5 Å². The van der Waals surface area contributed by atoms with Crippen molar-refractivity contribution in [2.75, 3.05) is 12.4 Å². The van der Waals surface area contributed by atoms with Crippen molar-refractivity contribution >= 4 is 49.8 Å². The number of aromatic nitrogens is 3. The first kappa shape index (κ1) is 12.5. The van der Waals surface area contributed by atoms with Gasteiger partial charge in [0, 0.05) is 0 Å². The highest BCUT2D eigenvalue weighted by Crippen LogP contribution is 2.31. The standard InChI is InChI=1S/C9H8BrClN4OS/c1-4-13-6(11)8(17-4)15-9-12-3-5(10)7(14-9)16-2/h3H,1-2H3,(H,12,14,15). The predicted molar refractivity (Wildman–Crippen MR) is 71.4 cm³/mol. The highest BCUT2D eigenvalue weighted by atomic mass is 79.9. The van der Waals surface area contributed by atoms with Crippen LogP contribution < -0.4 is 10.1 Å². The van der Waals surface area contributed by atoms with E-state index in [4.69, 9.17) is 16.3 Å². The minimum Gasteiger partial charge on any atom is -0.480 e. The van der Waals surface area contributed by atoms with Crippen molar-refractivity contribution in [2.24, 2.45) is 0 Å². The molecule has 2 heterocycles. The van der Waals surface area contributed by atoms with E-state index in [1.807, 2.05) is 6.92 Å². The lowest BCUT2D eigenvalue weighted by atomic mass is 10.6. The lowest BCUT2D eigenvalue weighted by Gasteiger charge is -2.05. The average molecular weight is 336 g/mol. The van der Waals surface area contributed by atoms with Crippen LogP contribution in [0.3, 0.4) is 0 Å². The lowest BCUT2D eigenvalue weighted by Crippen LogP contribution is -1.98. The molecule has 0 saturated carbocycles. The second-order valence-corrected chi connectivity index (χ2v) is 5.44. The third kappa shape index (κ3) is 2.85. The molecule has 1 N–H and O–H groups in total. The van der Waals surface area contributed by atoms with E-state index >= 15 is 0 Å². The molecule has 0 aliphatic rings. The maximum Gasteiger partial charge on any atom is 0.232 e. The topological polar surface area (TPSA) is 59.9 Å². The van der Waals surface area contributed by atoms with Gasteiger partial charge < -0.3 is 10.1 Å². The molecule has 2 aromatic heterocycles. The van der Waals surface area contributed by atoms with E-state index in [2.05, 4.69) is 36.2 Å². The third-order valence-electron chi connectivity index (χ3n) is 1.82. The first-order valence-corrected chi connectivity index (χ1v) is 6.55. The van der Waals surface area contributed by atoms with Crippen LogP contribution in [0.1, 0.15) is 5.01 Å². The molecule has 8 heteroatoms. The Kier molecular flexibility index (Phi) is 3.80. The van der Waals surface area contributed by atoms with Crippen LogP contribution in [0.5, 0.6) is 5.88 Å². The fourth-order valence-corrected chi connectivity index (χ4v) is 2.53. The summed E-state index contributed by atoms with van der Waals surface area (Å²) in [6.07, 6.45) is 1.61. The van der Waals surface area contributed by atoms with Crippen molar-refractivity contribution in [1.82, 2.24) is 15.0 Å². The summed E-state index contributed by atoms with van der Waals surface area (Å²) in [5, 5.41) is 5.00. The summed E-state index contributed by atoms with van der Waals surface area (Å²) < 4.78 is 5.77. The molecule has 17 heavy (non-hydrogen) atoms. The highest BCUT2D eigenvalue weighted by molar-refractivity contribution is 9.10. The van der Waals surface area contributed by atoms with Crippen molar-refractivity contribution in [3.8, 4) is 5.88 Å². The molecular formula is C9H8BrClN4OS. The number of nitrogens with zero attached hydrogens (tertiary/aromatic N) is 3. The average Bonchev–Trinajstić information content (AvgIpc) is 2.60. The normalized spacial score (nSPS) is 10.4. The molecule has 0 spiro atoms. The first-order valence-electron chi connectivity index (χ1n) is 4.56. The van der Waals surface area contributed by atoms with Crippen LogP contribution in [-0.4, -0.2) is 22.1 Å². The van der Waals surface area contributed by atoms with Gasteiger partial charge in [-0.25, -0.2) is 9.97 Å². The van der Waals surface area contributed by atoms with Crippen LogP contribution >= 0.6 is 38.9 Å². The molecule has 0 radical (unpaired) electrons. The molecule has 0 aliphatic carbocycles. The van der Waals surface area contributed by atoms with Gasteiger partial charge in [-0.15, -0.1) is 11.3 Å². The number of hydrogen-bond acceptors (Lipinski definition) is 6. The van der Waals surface area contributed by atoms with E-state index in [1.54, 1.807) is 13.3 Å². The quantitative estimate of drug-likeness (QED) is 0.931. The number of thiazole rings is 1. The molecule has 90 valence electrons. The molecule has 0 fully saturated rings. The number of ether oxygens (including phenoxy) is 1. The molecular weight excluding hydrogens is 328 g/mol. The van der Waals surface area contributed by atoms with Gasteiger partial charge in [-0.05, 0) is 22.9 Å². The Balaban J connectivity index is 2.27. The van der Waals surface area contributed by atoms with Gasteiger partial charge in [0.25, 0.3) is 0 Å². The molecule has 0 unspecified atom stereocenters. The SMILES string of the molecule is COc1nc(Nc2sc(C)nc2Cl)ncc1Br. The van der Waals surface area contributed by atoms with Crippen molar-refractivity contribution in [3.63, 3.8) is 0 Å². The number of aryl methyl sites for hydroxylation is 1. The lowest BCUT2D eigenvalue weighted by molar-refractivity contribution is 0.394. The zero-order chi connectivity index (χ0) is 12.4. The first-order chi connectivity index (χ1) is 8.10. The van der Waals surface area contributed by atoms with Crippen molar-refractivity contribution in [2.45, 2.75) is 6.92 Å². The Morgan fingerprint density at radius 3 is 2.82 bits per heavy atom. The highest BCUT2D eigenvalue weighted by Gasteiger charge is 2.10. The fraction of sp³-hybridized carbons (Fsp3) is 0.222. The number of rotatable bonds is 3. The van der Waals surface area contributed by atoms with E-state index < -0.39 is 0 Å². The molecule has 2 rings (SSSR count). The Labute approximate surface area is 115 Å². The van der Waals surface area contributed by atoms with Gasteiger partial charge in [0.15, 0.2) is 5.15 Å². The summed E-state index contributed by atoms with van der Waals surface area (Å²) in [6, 6.07) is 0. The number of halogens is 2. The molecule has 0 atom stereocenters. The summed E-state index contributed by atoms with van der Waals surface area (Å²) >= 11 is 10.7. The number of hydrogen-bond donors (Lipinski definition) is 1. The van der Waals surface area contributed by atoms with E-state index in [-0.39, 0.29) is 0 Å². The minimum atomic E-state index is 0.413. The number of methoxy groups -OCH3 is 1. The minimum absolute atomic E-state index is 0.413. The summed E-state index contributed by atoms with van der Waals surface area (Å²) in [4.78, 5) is 12.4. The van der Waals surface area contributed by atoms with Gasteiger partial charge in [0.2, 0.25) is 11.8 Å². The van der Waals surface area contributed by atoms with Gasteiger partial charge in [0.1, 0.15) is 5.00 Å². The van der Waals surface area contributed by atoms with Gasteiger partial charge in [-0.1, -0.05) is 11.6 Å². The Bertz CT molecular complexity index is 548. The van der Waals surface area contributed by atoms with Gasteiger partial charge >= 0.3 is 0 Å². The van der Waals surface area contributed by atoms with E-state index in [0.717, 1.165) is 5.01 Å². The summed E-state index contributed by atoms with van der Waals surface area (Å²) in [6.45, 7) is 1.88. The Morgan fingerprint density at radius 1 is 1.47 bits per heavy atom. The van der Waals surface area contributed by atoms with Gasteiger partial charge in [-0.2, -0.15) is 4.98 Å². The van der Waals surface area contributed by atoms with Crippen LogP contribution in [-0.2, 0) is 0 Å². The maximum absolute atomic E-state index is 5.94. The van der Waals surface area contributed by atoms with Crippen LogP contribution in [0.15, 0.2) is 10.7 Å². The van der Waals surface area contributed by atoms with Crippen LogP contribution in [0.25, 0.3) is 0 Å². The van der Waals surface area contributed by atoms with Crippen LogP contribution in [0.4, 0.5) is 10.9 Å². The molecule has 0 aromatic carbocycles. The summed E-state index contributed by atoms with van der Waals surface area (Å²) in [7, 11) is 1.54. The Hall–Kier alpha value is -0.920. The van der Waals surface area contributed by atoms with Gasteiger partial charge in [-0.3, -0.25) is 0 Å². The summed E-state index contributed by atoms with van der Waals surface area (Å²) in [5.74, 6) is 0.871.